The molecule has 2 fully saturated rings. The Morgan fingerprint density at radius 3 is 2.30 bits per heavy atom. The second-order valence-corrected chi connectivity index (χ2v) is 15.7. The van der Waals surface area contributed by atoms with E-state index in [9.17, 15) is 19.6 Å². The first kappa shape index (κ1) is 32.4. The fourth-order valence-electron chi connectivity index (χ4n) is 9.16. The number of hydrogen-bond donors (Lipinski definition) is 1. The summed E-state index contributed by atoms with van der Waals surface area (Å²) in [7, 11) is 1.40. The third-order valence-corrected chi connectivity index (χ3v) is 12.0. The number of carbonyl (C=O) groups excluding carboxylic acids is 3. The molecule has 0 bridgehead atoms. The normalized spacial score (nSPS) is 35.0. The van der Waals surface area contributed by atoms with Crippen LogP contribution in [-0.4, -0.2) is 30.3 Å². The maximum Gasteiger partial charge on any atom is 0.407 e. The van der Waals surface area contributed by atoms with Gasteiger partial charge < -0.3 is 10.1 Å². The Hall–Kier alpha value is -2.16. The van der Waals surface area contributed by atoms with Crippen molar-refractivity contribution < 1.29 is 19.1 Å². The third kappa shape index (κ3) is 5.64. The number of allylic oxidation sites excluding steroid dienone is 2. The van der Waals surface area contributed by atoms with Crippen molar-refractivity contribution in [2.45, 2.75) is 132 Å². The summed E-state index contributed by atoms with van der Waals surface area (Å²) in [6.07, 6.45) is 10.00. The lowest BCUT2D eigenvalue weighted by Gasteiger charge is -2.66. The number of nitrogens with zero attached hydrogens (tertiary/aromatic N) is 1. The van der Waals surface area contributed by atoms with Crippen molar-refractivity contribution in [2.24, 2.45) is 38.9 Å². The number of fused-ring (bicyclic) bond motifs is 3. The van der Waals surface area contributed by atoms with Gasteiger partial charge in [-0.1, -0.05) is 67.9 Å². The lowest BCUT2D eigenvalue weighted by Crippen LogP contribution is -2.62. The number of alkyl carbamates (subject to hydrolysis) is 1. The second kappa shape index (κ2) is 10.9. The summed E-state index contributed by atoms with van der Waals surface area (Å²) >= 11 is 0. The molecule has 0 saturated heterocycles. The molecule has 0 unspecified atom stereocenters. The largest absolute Gasteiger partial charge is 0.453 e. The second-order valence-electron chi connectivity index (χ2n) is 15.7. The molecule has 0 aromatic rings. The molecular weight excluding hydrogens is 500 g/mol. The molecule has 0 radical (unpaired) electrons. The monoisotopic (exact) mass is 554 g/mol. The van der Waals surface area contributed by atoms with E-state index in [-0.39, 0.29) is 45.2 Å². The first-order valence-corrected chi connectivity index (χ1v) is 15.4. The minimum atomic E-state index is -0.638. The Balaban J connectivity index is 1.97. The van der Waals surface area contributed by atoms with E-state index < -0.39 is 22.5 Å². The smallest absolute Gasteiger partial charge is 0.407 e. The Kier molecular flexibility index (Phi) is 8.83. The average molecular weight is 555 g/mol. The molecule has 6 nitrogen and oxygen atoms in total. The number of methoxy groups -OCH3 is 1. The molecule has 0 spiro atoms. The molecule has 6 atom stereocenters. The van der Waals surface area contributed by atoms with Crippen LogP contribution in [0.15, 0.2) is 11.6 Å². The van der Waals surface area contributed by atoms with Crippen LogP contribution < -0.4 is 5.32 Å². The summed E-state index contributed by atoms with van der Waals surface area (Å²) in [6, 6.07) is 2.19. The minimum absolute atomic E-state index is 0.0454. The summed E-state index contributed by atoms with van der Waals surface area (Å²) < 4.78 is 5.02. The van der Waals surface area contributed by atoms with Gasteiger partial charge in [0.1, 0.15) is 11.9 Å². The third-order valence-electron chi connectivity index (χ3n) is 12.0. The van der Waals surface area contributed by atoms with Crippen LogP contribution in [0, 0.1) is 50.2 Å². The number of rotatable bonds is 9. The van der Waals surface area contributed by atoms with E-state index in [1.54, 1.807) is 0 Å². The number of nitrogens with one attached hydrogen (secondary N) is 1. The summed E-state index contributed by atoms with van der Waals surface area (Å²) in [6.45, 7) is 19.7. The minimum Gasteiger partial charge on any atom is -0.453 e. The maximum absolute atomic E-state index is 13.5. The molecule has 3 rings (SSSR count). The van der Waals surface area contributed by atoms with E-state index in [4.69, 9.17) is 4.74 Å². The molecule has 0 aliphatic heterocycles. The molecule has 0 heterocycles. The van der Waals surface area contributed by atoms with Gasteiger partial charge in [-0.2, -0.15) is 5.26 Å². The van der Waals surface area contributed by atoms with Gasteiger partial charge in [-0.3, -0.25) is 9.59 Å². The summed E-state index contributed by atoms with van der Waals surface area (Å²) in [4.78, 5) is 39.2. The van der Waals surface area contributed by atoms with Crippen molar-refractivity contribution in [3.63, 3.8) is 0 Å². The molecular formula is C34H54N2O4. The number of nitriles is 1. The maximum atomic E-state index is 13.5. The van der Waals surface area contributed by atoms with Crippen LogP contribution in [0.25, 0.3) is 0 Å². The van der Waals surface area contributed by atoms with Crippen LogP contribution >= 0.6 is 0 Å². The first-order valence-electron chi connectivity index (χ1n) is 15.4. The molecule has 0 aromatic heterocycles. The highest BCUT2D eigenvalue weighted by Crippen LogP contribution is 2.70. The average Bonchev–Trinajstić information content (AvgIpc) is 2.85. The van der Waals surface area contributed by atoms with Gasteiger partial charge in [-0.15, -0.1) is 0 Å². The number of Topliss-reactive ketones (excluding diaryl/α,β-unsaturated/α-hetero) is 2. The Bertz CT molecular complexity index is 1100. The van der Waals surface area contributed by atoms with Crippen molar-refractivity contribution in [3.05, 3.63) is 11.6 Å². The van der Waals surface area contributed by atoms with Gasteiger partial charge in [0.05, 0.1) is 12.7 Å². The summed E-state index contributed by atoms with van der Waals surface area (Å²) in [5.74, 6) is 0.329. The quantitative estimate of drug-likeness (QED) is 0.312. The highest BCUT2D eigenvalue weighted by atomic mass is 16.5. The zero-order chi connectivity index (χ0) is 30.4. The predicted molar refractivity (Wildman–Crippen MR) is 158 cm³/mol. The molecule has 3 aliphatic carbocycles. The van der Waals surface area contributed by atoms with Crippen molar-refractivity contribution in [1.82, 2.24) is 5.32 Å². The van der Waals surface area contributed by atoms with Crippen LogP contribution in [0.4, 0.5) is 4.79 Å². The van der Waals surface area contributed by atoms with Gasteiger partial charge in [0.25, 0.3) is 0 Å². The van der Waals surface area contributed by atoms with E-state index in [1.165, 1.54) is 7.11 Å². The number of hydrogen-bond acceptors (Lipinski definition) is 5. The van der Waals surface area contributed by atoms with Crippen LogP contribution in [-0.2, 0) is 14.3 Å². The number of carbonyl (C=O) groups is 3. The van der Waals surface area contributed by atoms with Crippen molar-refractivity contribution in [3.8, 4) is 6.07 Å². The summed E-state index contributed by atoms with van der Waals surface area (Å²) in [5.41, 5.74) is -1.50. The lowest BCUT2D eigenvalue weighted by atomic mass is 9.37. The lowest BCUT2D eigenvalue weighted by molar-refractivity contribution is -0.174. The SMILES string of the molecule is CCCC(C)(C)CC[C@@](C)(CC[C@]1(C)CC(=O)C[C@@H]2[C@@]3(C)C=C(C#N)C(=O)C(C)(C)[C@@H]3CC[C@]21C)NC(=O)OC. The summed E-state index contributed by atoms with van der Waals surface area (Å²) in [5, 5.41) is 13.0. The molecule has 6 heteroatoms. The number of amides is 1. The highest BCUT2D eigenvalue weighted by molar-refractivity contribution is 6.04. The molecule has 224 valence electrons. The van der Waals surface area contributed by atoms with Gasteiger partial charge in [-0.05, 0) is 85.4 Å². The standard InChI is InChI=1S/C34H54N2O4/c1-11-13-29(2,3)15-17-32(7,36-28(39)40-10)18-16-31(6)21-24(37)19-26-33(8)20-23(22-35)27(38)30(4,5)25(33)12-14-34(26,31)9/h20,25-26H,11-19,21H2,1-10H3,(H,36,39)/t25-,26+,31+,32-,33-,34+/m0/s1. The Labute approximate surface area is 243 Å². The fraction of sp³-hybridized carbons (Fsp3) is 0.824. The molecule has 0 aromatic carbocycles. The predicted octanol–water partition coefficient (Wildman–Crippen LogP) is 7.95. The van der Waals surface area contributed by atoms with Crippen LogP contribution in [0.2, 0.25) is 0 Å². The van der Waals surface area contributed by atoms with Gasteiger partial charge in [-0.25, -0.2) is 4.79 Å². The van der Waals surface area contributed by atoms with E-state index in [1.807, 2.05) is 19.9 Å². The topological polar surface area (TPSA) is 96.3 Å². The number of ketones is 2. The van der Waals surface area contributed by atoms with Crippen LogP contribution in [0.3, 0.4) is 0 Å². The zero-order valence-electron chi connectivity index (χ0n) is 26.9. The molecule has 3 aliphatic rings. The fourth-order valence-corrected chi connectivity index (χ4v) is 9.16. The zero-order valence-corrected chi connectivity index (χ0v) is 26.9. The molecule has 2 saturated carbocycles. The van der Waals surface area contributed by atoms with Gasteiger partial charge in [0, 0.05) is 23.8 Å². The van der Waals surface area contributed by atoms with Crippen molar-refractivity contribution in [1.29, 1.82) is 5.26 Å². The molecule has 1 amide bonds. The van der Waals surface area contributed by atoms with Crippen LogP contribution in [0.5, 0.6) is 0 Å². The first-order chi connectivity index (χ1) is 18.3. The molecule has 1 N–H and O–H groups in total. The van der Waals surface area contributed by atoms with E-state index in [2.05, 4.69) is 59.9 Å². The van der Waals surface area contributed by atoms with Gasteiger partial charge in [0.15, 0.2) is 5.78 Å². The Morgan fingerprint density at radius 2 is 1.73 bits per heavy atom. The van der Waals surface area contributed by atoms with Gasteiger partial charge in [0.2, 0.25) is 0 Å². The van der Waals surface area contributed by atoms with Crippen molar-refractivity contribution in [2.75, 3.05) is 7.11 Å². The highest BCUT2D eigenvalue weighted by Gasteiger charge is 2.66. The van der Waals surface area contributed by atoms with E-state index >= 15 is 0 Å². The van der Waals surface area contributed by atoms with Crippen LogP contribution in [0.1, 0.15) is 127 Å². The van der Waals surface area contributed by atoms with Gasteiger partial charge >= 0.3 is 6.09 Å². The Morgan fingerprint density at radius 1 is 1.07 bits per heavy atom. The molecule has 40 heavy (non-hydrogen) atoms. The van der Waals surface area contributed by atoms with E-state index in [0.717, 1.165) is 51.4 Å². The van der Waals surface area contributed by atoms with Crippen molar-refractivity contribution >= 4 is 17.7 Å². The number of ether oxygens (including phenoxy) is 1. The van der Waals surface area contributed by atoms with E-state index in [0.29, 0.717) is 12.8 Å².